The quantitative estimate of drug-likeness (QED) is 0.205. The average molecular weight is 734 g/mol. The molecule has 0 unspecified atom stereocenters. The van der Waals surface area contributed by atoms with E-state index < -0.39 is 0 Å². The molecule has 45 heavy (non-hydrogen) atoms. The molecule has 0 saturated heterocycles. The van der Waals surface area contributed by atoms with Crippen LogP contribution in [-0.2, 0) is 22.4 Å². The summed E-state index contributed by atoms with van der Waals surface area (Å²) in [5.41, 5.74) is 12.6. The van der Waals surface area contributed by atoms with E-state index in [0.29, 0.717) is 12.8 Å². The Morgan fingerprint density at radius 1 is 0.600 bits per heavy atom. The van der Waals surface area contributed by atoms with E-state index in [9.17, 15) is 9.59 Å². The van der Waals surface area contributed by atoms with Crippen molar-refractivity contribution in [3.8, 4) is 22.5 Å². The highest BCUT2D eigenvalue weighted by molar-refractivity contribution is 8.93. The lowest BCUT2D eigenvalue weighted by molar-refractivity contribution is -0.117. The van der Waals surface area contributed by atoms with Crippen molar-refractivity contribution in [3.63, 3.8) is 0 Å². The number of hydrogen-bond donors (Lipinski definition) is 2. The van der Waals surface area contributed by atoms with Gasteiger partial charge in [0.2, 0.25) is 11.8 Å². The second kappa shape index (κ2) is 13.8. The summed E-state index contributed by atoms with van der Waals surface area (Å²) in [6.07, 6.45) is 6.75. The Hall–Kier alpha value is -4.32. The van der Waals surface area contributed by atoms with Crippen LogP contribution in [0.1, 0.15) is 35.4 Å². The molecule has 0 saturated carbocycles. The average Bonchev–Trinajstić information content (AvgIpc) is 3.53. The Morgan fingerprint density at radius 2 is 1.02 bits per heavy atom. The maximum absolute atomic E-state index is 11.4. The van der Waals surface area contributed by atoms with Gasteiger partial charge in [-0.3, -0.25) is 9.59 Å². The van der Waals surface area contributed by atoms with Gasteiger partial charge < -0.3 is 24.9 Å². The summed E-state index contributed by atoms with van der Waals surface area (Å²) in [7, 11) is 0. The molecule has 2 aliphatic heterocycles. The summed E-state index contributed by atoms with van der Waals surface area (Å²) in [6.45, 7) is 4.16. The molecule has 2 aromatic carbocycles. The molecule has 0 fully saturated rings. The predicted octanol–water partition coefficient (Wildman–Crippen LogP) is 6.72. The van der Waals surface area contributed by atoms with Gasteiger partial charge in [0.15, 0.2) is 0 Å². The molecule has 2 aliphatic rings. The second-order valence-corrected chi connectivity index (χ2v) is 10.8. The molecule has 232 valence electrons. The van der Waals surface area contributed by atoms with Gasteiger partial charge in [-0.15, -0.1) is 34.0 Å². The van der Waals surface area contributed by atoms with Crippen LogP contribution in [0, 0.1) is 13.8 Å². The van der Waals surface area contributed by atoms with Crippen molar-refractivity contribution in [1.29, 1.82) is 0 Å². The molecule has 0 bridgehead atoms. The van der Waals surface area contributed by atoms with E-state index in [-0.39, 0.29) is 51.3 Å². The topological polar surface area (TPSA) is 124 Å². The van der Waals surface area contributed by atoms with Crippen LogP contribution in [0.3, 0.4) is 0 Å². The summed E-state index contributed by atoms with van der Waals surface area (Å²) in [5, 5.41) is 5.83. The molecule has 11 heteroatoms. The van der Waals surface area contributed by atoms with Crippen molar-refractivity contribution in [2.75, 3.05) is 10.6 Å². The molecule has 9 nitrogen and oxygen atoms in total. The van der Waals surface area contributed by atoms with Crippen LogP contribution in [0.2, 0.25) is 0 Å². The van der Waals surface area contributed by atoms with E-state index in [1.54, 1.807) is 0 Å². The van der Waals surface area contributed by atoms with Gasteiger partial charge in [-0.05, 0) is 86.3 Å². The molecule has 2 amide bonds. The number of aromatic nitrogens is 4. The standard InChI is InChI=1S/2C17H15N3O.2BrH.H2O/c2*1-11-17(19-15-4-2-3-9-20(11)15)13-5-7-14-12(10-13)6-8-16(21)18-14;;;/h2*2-5,7,9-10H,6,8H2,1H3,(H,18,21);2*1H;1H2. The van der Waals surface area contributed by atoms with Crippen LogP contribution in [0.25, 0.3) is 33.8 Å². The van der Waals surface area contributed by atoms with Crippen LogP contribution in [-0.4, -0.2) is 36.1 Å². The minimum absolute atomic E-state index is 0. The van der Waals surface area contributed by atoms with E-state index in [1.165, 1.54) is 11.1 Å². The molecule has 0 aliphatic carbocycles. The molecule has 4 N–H and O–H groups in total. The Kier molecular flexibility index (Phi) is 10.3. The van der Waals surface area contributed by atoms with E-state index in [1.807, 2.05) is 73.1 Å². The van der Waals surface area contributed by atoms with Crippen LogP contribution in [0.15, 0.2) is 85.2 Å². The molecular formula is C34H34Br2N6O3. The molecule has 6 aromatic rings. The number of halogens is 2. The fraction of sp³-hybridized carbons (Fsp3) is 0.176. The molecule has 6 heterocycles. The summed E-state index contributed by atoms with van der Waals surface area (Å²) < 4.78 is 4.19. The number of aryl methyl sites for hydroxylation is 4. The van der Waals surface area contributed by atoms with Gasteiger partial charge in [-0.25, -0.2) is 9.97 Å². The summed E-state index contributed by atoms with van der Waals surface area (Å²) in [4.78, 5) is 32.3. The third-order valence-electron chi connectivity index (χ3n) is 8.09. The number of nitrogens with zero attached hydrogens (tertiary/aromatic N) is 4. The first-order valence-corrected chi connectivity index (χ1v) is 14.2. The van der Waals surface area contributed by atoms with Gasteiger partial charge in [0.25, 0.3) is 0 Å². The first kappa shape index (κ1) is 33.6. The Labute approximate surface area is 281 Å². The summed E-state index contributed by atoms with van der Waals surface area (Å²) in [5.74, 6) is 0.193. The van der Waals surface area contributed by atoms with Crippen molar-refractivity contribution in [2.45, 2.75) is 39.5 Å². The van der Waals surface area contributed by atoms with Crippen LogP contribution >= 0.6 is 34.0 Å². The number of hydrogen-bond acceptors (Lipinski definition) is 4. The first-order chi connectivity index (χ1) is 20.4. The van der Waals surface area contributed by atoms with Crippen molar-refractivity contribution in [3.05, 3.63) is 108 Å². The number of nitrogens with one attached hydrogen (secondary N) is 2. The molecule has 0 atom stereocenters. The predicted molar refractivity (Wildman–Crippen MR) is 189 cm³/mol. The Balaban J connectivity index is 0.000000192. The van der Waals surface area contributed by atoms with Gasteiger partial charge in [0.1, 0.15) is 11.3 Å². The highest BCUT2D eigenvalue weighted by Crippen LogP contribution is 2.31. The zero-order valence-corrected chi connectivity index (χ0v) is 28.3. The highest BCUT2D eigenvalue weighted by atomic mass is 79.9. The van der Waals surface area contributed by atoms with Gasteiger partial charge in [-0.1, -0.05) is 24.3 Å². The molecule has 4 aromatic heterocycles. The lowest BCUT2D eigenvalue weighted by Gasteiger charge is -2.17. The number of amides is 2. The summed E-state index contributed by atoms with van der Waals surface area (Å²) in [6, 6.07) is 24.3. The minimum Gasteiger partial charge on any atom is -0.412 e. The normalized spacial score (nSPS) is 13.1. The number of carbonyl (C=O) groups excluding carboxylic acids is 2. The minimum atomic E-state index is 0. The Bertz CT molecular complexity index is 1890. The van der Waals surface area contributed by atoms with Crippen molar-refractivity contribution >= 4 is 68.4 Å². The van der Waals surface area contributed by atoms with Crippen molar-refractivity contribution in [2.24, 2.45) is 0 Å². The van der Waals surface area contributed by atoms with E-state index in [0.717, 1.165) is 69.4 Å². The number of anilines is 2. The Morgan fingerprint density at radius 3 is 1.42 bits per heavy atom. The summed E-state index contributed by atoms with van der Waals surface area (Å²) >= 11 is 0. The lowest BCUT2D eigenvalue weighted by Crippen LogP contribution is -2.18. The number of imidazole rings is 2. The molecule has 8 rings (SSSR count). The fourth-order valence-electron chi connectivity index (χ4n) is 5.84. The van der Waals surface area contributed by atoms with E-state index in [2.05, 4.69) is 45.4 Å². The van der Waals surface area contributed by atoms with Gasteiger partial charge >= 0.3 is 0 Å². The molecule has 0 spiro atoms. The lowest BCUT2D eigenvalue weighted by atomic mass is 9.99. The maximum Gasteiger partial charge on any atom is 0.224 e. The number of rotatable bonds is 2. The van der Waals surface area contributed by atoms with Gasteiger partial charge in [0.05, 0.1) is 11.4 Å². The van der Waals surface area contributed by atoms with Crippen LogP contribution < -0.4 is 10.6 Å². The van der Waals surface area contributed by atoms with Gasteiger partial charge in [-0.2, -0.15) is 0 Å². The number of fused-ring (bicyclic) bond motifs is 4. The monoisotopic (exact) mass is 732 g/mol. The number of benzene rings is 2. The largest absolute Gasteiger partial charge is 0.412 e. The van der Waals surface area contributed by atoms with E-state index in [4.69, 9.17) is 9.97 Å². The van der Waals surface area contributed by atoms with Crippen molar-refractivity contribution < 1.29 is 15.1 Å². The third kappa shape index (κ3) is 6.42. The molecular weight excluding hydrogens is 700 g/mol. The third-order valence-corrected chi connectivity index (χ3v) is 8.09. The number of pyridine rings is 2. The van der Waals surface area contributed by atoms with Crippen LogP contribution in [0.4, 0.5) is 11.4 Å². The van der Waals surface area contributed by atoms with E-state index >= 15 is 0 Å². The van der Waals surface area contributed by atoms with Crippen LogP contribution in [0.5, 0.6) is 0 Å². The van der Waals surface area contributed by atoms with Gasteiger partial charge in [0, 0.05) is 59.1 Å². The van der Waals surface area contributed by atoms with Crippen molar-refractivity contribution in [1.82, 2.24) is 18.8 Å². The SMILES string of the molecule is Br.Br.Cc1c(-c2ccc3c(c2)CCC(=O)N3)nc2ccccn12.Cc1c(-c2ccc3c(c2)CCC(=O)N3)nc2ccccn12.O. The number of carbonyl (C=O) groups is 2. The smallest absolute Gasteiger partial charge is 0.224 e. The fourth-order valence-corrected chi connectivity index (χ4v) is 5.84. The zero-order valence-electron chi connectivity index (χ0n) is 24.8. The highest BCUT2D eigenvalue weighted by Gasteiger charge is 2.18. The zero-order chi connectivity index (χ0) is 28.8. The second-order valence-electron chi connectivity index (χ2n) is 10.8. The first-order valence-electron chi connectivity index (χ1n) is 14.2. The maximum atomic E-state index is 11.4. The molecule has 0 radical (unpaired) electrons.